The SMILES string of the molecule is CCOc1cc(C=C2C(=O)N(c3ccccc3)C(=O)N(c3ccccc3)C2=O)cc(Cl)c1OCC(=O)Nc1ccc(F)cc1. The number of anilines is 3. The summed E-state index contributed by atoms with van der Waals surface area (Å²) in [5, 5.41) is 2.63. The molecule has 5 amide bonds. The van der Waals surface area contributed by atoms with Crippen molar-refractivity contribution in [1.82, 2.24) is 0 Å². The Labute approximate surface area is 257 Å². The summed E-state index contributed by atoms with van der Waals surface area (Å²) in [6.45, 7) is 1.51. The van der Waals surface area contributed by atoms with Gasteiger partial charge in [0.15, 0.2) is 18.1 Å². The smallest absolute Gasteiger partial charge is 0.343 e. The van der Waals surface area contributed by atoms with Gasteiger partial charge in [-0.05, 0) is 79.2 Å². The fourth-order valence-electron chi connectivity index (χ4n) is 4.45. The Morgan fingerprint density at radius 2 is 1.41 bits per heavy atom. The molecular formula is C33H25ClFN3O6. The second kappa shape index (κ2) is 13.2. The van der Waals surface area contributed by atoms with Gasteiger partial charge in [-0.1, -0.05) is 48.0 Å². The molecule has 9 nitrogen and oxygen atoms in total. The van der Waals surface area contributed by atoms with Crippen molar-refractivity contribution >= 4 is 58.5 Å². The number of hydrogen-bond donors (Lipinski definition) is 1. The number of benzene rings is 4. The molecule has 5 rings (SSSR count). The van der Waals surface area contributed by atoms with Gasteiger partial charge < -0.3 is 14.8 Å². The molecule has 0 saturated carbocycles. The maximum absolute atomic E-state index is 13.7. The van der Waals surface area contributed by atoms with Crippen molar-refractivity contribution in [1.29, 1.82) is 0 Å². The minimum atomic E-state index is -0.815. The maximum Gasteiger partial charge on any atom is 0.343 e. The largest absolute Gasteiger partial charge is 0.490 e. The third-order valence-corrected chi connectivity index (χ3v) is 6.68. The predicted octanol–water partition coefficient (Wildman–Crippen LogP) is 6.48. The van der Waals surface area contributed by atoms with E-state index in [9.17, 15) is 23.6 Å². The number of nitrogens with one attached hydrogen (secondary N) is 1. The molecule has 1 fully saturated rings. The normalized spacial score (nSPS) is 13.2. The number of halogens is 2. The van der Waals surface area contributed by atoms with E-state index in [0.29, 0.717) is 11.3 Å². The van der Waals surface area contributed by atoms with Crippen molar-refractivity contribution in [3.8, 4) is 11.5 Å². The van der Waals surface area contributed by atoms with Crippen LogP contribution in [0.25, 0.3) is 6.08 Å². The zero-order chi connectivity index (χ0) is 31.2. The lowest BCUT2D eigenvalue weighted by atomic mass is 10.0. The van der Waals surface area contributed by atoms with Crippen LogP contribution in [0.2, 0.25) is 5.02 Å². The van der Waals surface area contributed by atoms with Crippen LogP contribution in [-0.2, 0) is 14.4 Å². The van der Waals surface area contributed by atoms with Crippen molar-refractivity contribution in [2.24, 2.45) is 0 Å². The Bertz CT molecular complexity index is 1680. The van der Waals surface area contributed by atoms with E-state index >= 15 is 0 Å². The van der Waals surface area contributed by atoms with Crippen molar-refractivity contribution in [3.63, 3.8) is 0 Å². The van der Waals surface area contributed by atoms with Gasteiger partial charge in [-0.3, -0.25) is 14.4 Å². The van der Waals surface area contributed by atoms with Gasteiger partial charge in [-0.2, -0.15) is 0 Å². The molecule has 4 aromatic carbocycles. The van der Waals surface area contributed by atoms with Crippen molar-refractivity contribution < 1.29 is 33.0 Å². The number of nitrogens with zero attached hydrogens (tertiary/aromatic N) is 2. The van der Waals surface area contributed by atoms with Crippen molar-refractivity contribution in [3.05, 3.63) is 119 Å². The Morgan fingerprint density at radius 1 is 0.841 bits per heavy atom. The third kappa shape index (κ3) is 6.45. The first-order valence-electron chi connectivity index (χ1n) is 13.5. The van der Waals surface area contributed by atoms with E-state index in [1.54, 1.807) is 67.6 Å². The molecule has 0 spiro atoms. The zero-order valence-corrected chi connectivity index (χ0v) is 24.1. The van der Waals surface area contributed by atoms with E-state index in [-0.39, 0.29) is 40.1 Å². The molecular weight excluding hydrogens is 589 g/mol. The highest BCUT2D eigenvalue weighted by Gasteiger charge is 2.43. The number of amides is 5. The van der Waals surface area contributed by atoms with Crippen LogP contribution in [0.5, 0.6) is 11.5 Å². The first-order valence-corrected chi connectivity index (χ1v) is 13.8. The third-order valence-electron chi connectivity index (χ3n) is 6.40. The minimum absolute atomic E-state index is 0.0454. The summed E-state index contributed by atoms with van der Waals surface area (Å²) in [5.41, 5.74) is 0.986. The summed E-state index contributed by atoms with van der Waals surface area (Å²) >= 11 is 6.54. The zero-order valence-electron chi connectivity index (χ0n) is 23.3. The van der Waals surface area contributed by atoms with Crippen LogP contribution in [0.15, 0.2) is 103 Å². The number of imide groups is 2. The standard InChI is InChI=1S/C33H25ClFN3O6/c1-2-43-28-19-21(18-27(34)30(28)44-20-29(39)36-23-15-13-22(35)14-16-23)17-26-31(40)37(24-9-5-3-6-10-24)33(42)38(32(26)41)25-11-7-4-8-12-25/h3-19H,2,20H2,1H3,(H,36,39). The predicted molar refractivity (Wildman–Crippen MR) is 164 cm³/mol. The fourth-order valence-corrected chi connectivity index (χ4v) is 4.72. The number of barbiturate groups is 1. The molecule has 44 heavy (non-hydrogen) atoms. The van der Waals surface area contributed by atoms with E-state index in [1.807, 2.05) is 0 Å². The molecule has 222 valence electrons. The quantitative estimate of drug-likeness (QED) is 0.171. The van der Waals surface area contributed by atoms with Crippen LogP contribution >= 0.6 is 11.6 Å². The molecule has 11 heteroatoms. The Kier molecular flexibility index (Phi) is 9.01. The van der Waals surface area contributed by atoms with Gasteiger partial charge in [0.25, 0.3) is 17.7 Å². The summed E-state index contributed by atoms with van der Waals surface area (Å²) in [6.07, 6.45) is 1.32. The van der Waals surface area contributed by atoms with Gasteiger partial charge in [-0.25, -0.2) is 19.0 Å². The minimum Gasteiger partial charge on any atom is -0.490 e. The second-order valence-electron chi connectivity index (χ2n) is 9.40. The Balaban J connectivity index is 1.47. The van der Waals surface area contributed by atoms with Crippen LogP contribution < -0.4 is 24.6 Å². The molecule has 0 radical (unpaired) electrons. The Hall–Kier alpha value is -5.48. The van der Waals surface area contributed by atoms with Crippen LogP contribution in [-0.4, -0.2) is 37.0 Å². The number of hydrogen-bond acceptors (Lipinski definition) is 6. The van der Waals surface area contributed by atoms with Crippen LogP contribution in [0.3, 0.4) is 0 Å². The monoisotopic (exact) mass is 613 g/mol. The van der Waals surface area contributed by atoms with E-state index in [0.717, 1.165) is 9.80 Å². The molecule has 0 bridgehead atoms. The lowest BCUT2D eigenvalue weighted by Crippen LogP contribution is -2.57. The van der Waals surface area contributed by atoms with Crippen LogP contribution in [0, 0.1) is 5.82 Å². The molecule has 1 heterocycles. The first-order chi connectivity index (χ1) is 21.3. The molecule has 0 aromatic heterocycles. The maximum atomic E-state index is 13.7. The Morgan fingerprint density at radius 3 is 1.95 bits per heavy atom. The van der Waals surface area contributed by atoms with Crippen LogP contribution in [0.1, 0.15) is 12.5 Å². The number of urea groups is 1. The molecule has 0 unspecified atom stereocenters. The van der Waals surface area contributed by atoms with Gasteiger partial charge in [0.1, 0.15) is 11.4 Å². The van der Waals surface area contributed by atoms with Crippen LogP contribution in [0.4, 0.5) is 26.2 Å². The molecule has 1 aliphatic rings. The van der Waals surface area contributed by atoms with Gasteiger partial charge in [0.2, 0.25) is 0 Å². The molecule has 4 aromatic rings. The van der Waals surface area contributed by atoms with Crippen molar-refractivity contribution in [2.45, 2.75) is 6.92 Å². The fraction of sp³-hybridized carbons (Fsp3) is 0.0909. The van der Waals surface area contributed by atoms with E-state index in [2.05, 4.69) is 5.32 Å². The topological polar surface area (TPSA) is 105 Å². The molecule has 0 aliphatic carbocycles. The number of carbonyl (C=O) groups is 4. The summed E-state index contributed by atoms with van der Waals surface area (Å²) in [4.78, 5) is 55.2. The first kappa shape index (κ1) is 30.0. The van der Waals surface area contributed by atoms with Gasteiger partial charge in [-0.15, -0.1) is 0 Å². The molecule has 1 aliphatic heterocycles. The average molecular weight is 614 g/mol. The van der Waals surface area contributed by atoms with Gasteiger partial charge >= 0.3 is 6.03 Å². The summed E-state index contributed by atoms with van der Waals surface area (Å²) in [5.74, 6) is -2.36. The number of para-hydroxylation sites is 2. The highest BCUT2D eigenvalue weighted by atomic mass is 35.5. The molecule has 0 atom stereocenters. The number of rotatable bonds is 9. The van der Waals surface area contributed by atoms with E-state index in [1.165, 1.54) is 42.5 Å². The van der Waals surface area contributed by atoms with E-state index < -0.39 is 36.2 Å². The van der Waals surface area contributed by atoms with Gasteiger partial charge in [0, 0.05) is 5.69 Å². The molecule has 1 N–H and O–H groups in total. The summed E-state index contributed by atoms with van der Waals surface area (Å²) in [7, 11) is 0. The highest BCUT2D eigenvalue weighted by Crippen LogP contribution is 2.38. The van der Waals surface area contributed by atoms with Gasteiger partial charge in [0.05, 0.1) is 23.0 Å². The summed E-state index contributed by atoms with van der Waals surface area (Å²) < 4.78 is 24.5. The van der Waals surface area contributed by atoms with Crippen molar-refractivity contribution in [2.75, 3.05) is 28.3 Å². The number of ether oxygens (including phenoxy) is 2. The number of carbonyl (C=O) groups excluding carboxylic acids is 4. The second-order valence-corrected chi connectivity index (χ2v) is 9.81. The average Bonchev–Trinajstić information content (AvgIpc) is 3.01. The highest BCUT2D eigenvalue weighted by molar-refractivity contribution is 6.46. The molecule has 1 saturated heterocycles. The van der Waals surface area contributed by atoms with E-state index in [4.69, 9.17) is 21.1 Å². The lowest BCUT2D eigenvalue weighted by molar-refractivity contribution is -0.121. The summed E-state index contributed by atoms with van der Waals surface area (Å²) in [6, 6.07) is 23.9. The lowest BCUT2D eigenvalue weighted by Gasteiger charge is -2.34.